The Morgan fingerprint density at radius 2 is 1.25 bits per heavy atom. The minimum atomic E-state index is -0.675. The maximum Gasteiger partial charge on any atom is 0.246 e. The lowest BCUT2D eigenvalue weighted by atomic mass is 9.90. The molecular weight excluding hydrogens is 416 g/mol. The Balaban J connectivity index is 1.74. The van der Waals surface area contributed by atoms with Crippen molar-refractivity contribution in [1.82, 2.24) is 5.32 Å². The predicted molar refractivity (Wildman–Crippen MR) is 115 cm³/mol. The third kappa shape index (κ3) is 5.08. The van der Waals surface area contributed by atoms with E-state index in [0.717, 1.165) is 15.6 Å². The number of hydrogen-bond acceptors (Lipinski definition) is 2. The summed E-state index contributed by atoms with van der Waals surface area (Å²) in [5, 5.41) is 5.67. The van der Waals surface area contributed by atoms with E-state index in [1.807, 2.05) is 72.8 Å². The Kier molecular flexibility index (Phi) is 6.61. The second kappa shape index (κ2) is 9.33. The number of carbonyl (C=O) groups is 2. The van der Waals surface area contributed by atoms with Crippen molar-refractivity contribution in [2.75, 3.05) is 5.32 Å². The van der Waals surface area contributed by atoms with E-state index in [1.165, 1.54) is 0 Å². The van der Waals surface area contributed by atoms with E-state index in [0.29, 0.717) is 5.69 Å². The highest BCUT2D eigenvalue weighted by molar-refractivity contribution is 9.10. The second-order valence-electron chi connectivity index (χ2n) is 6.48. The molecule has 0 fully saturated rings. The first-order valence-corrected chi connectivity index (χ1v) is 9.80. The molecule has 0 spiro atoms. The summed E-state index contributed by atoms with van der Waals surface area (Å²) >= 11 is 3.36. The van der Waals surface area contributed by atoms with E-state index < -0.39 is 12.0 Å². The molecule has 5 heteroatoms. The zero-order valence-corrected chi connectivity index (χ0v) is 17.0. The van der Waals surface area contributed by atoms with E-state index in [9.17, 15) is 9.59 Å². The zero-order valence-electron chi connectivity index (χ0n) is 15.4. The largest absolute Gasteiger partial charge is 0.344 e. The van der Waals surface area contributed by atoms with Gasteiger partial charge in [-0.3, -0.25) is 9.59 Å². The molecule has 0 aliphatic rings. The SMILES string of the molecule is CC(NC(=O)C(c1ccccc1)c1ccccc1)C(=O)Nc1ccc(Br)cc1. The number of carbonyl (C=O) groups excluding carboxylic acids is 2. The van der Waals surface area contributed by atoms with Crippen LogP contribution in [0.15, 0.2) is 89.4 Å². The summed E-state index contributed by atoms with van der Waals surface area (Å²) in [7, 11) is 0. The van der Waals surface area contributed by atoms with Gasteiger partial charge in [0.1, 0.15) is 6.04 Å². The number of benzene rings is 3. The molecule has 1 atom stereocenters. The van der Waals surface area contributed by atoms with Gasteiger partial charge in [0.2, 0.25) is 11.8 Å². The molecule has 1 unspecified atom stereocenters. The maximum atomic E-state index is 13.1. The van der Waals surface area contributed by atoms with E-state index in [1.54, 1.807) is 19.1 Å². The molecule has 3 aromatic rings. The van der Waals surface area contributed by atoms with Crippen molar-refractivity contribution in [1.29, 1.82) is 0 Å². The fourth-order valence-electron chi connectivity index (χ4n) is 2.93. The van der Waals surface area contributed by atoms with Crippen molar-refractivity contribution in [2.24, 2.45) is 0 Å². The van der Waals surface area contributed by atoms with Crippen LogP contribution in [0, 0.1) is 0 Å². The van der Waals surface area contributed by atoms with Crippen LogP contribution in [-0.2, 0) is 9.59 Å². The van der Waals surface area contributed by atoms with Crippen molar-refractivity contribution in [3.05, 3.63) is 101 Å². The topological polar surface area (TPSA) is 58.2 Å². The minimum absolute atomic E-state index is 0.212. The molecule has 0 aliphatic heterocycles. The van der Waals surface area contributed by atoms with Crippen LogP contribution < -0.4 is 10.6 Å². The molecule has 0 saturated heterocycles. The first kappa shape index (κ1) is 19.8. The van der Waals surface area contributed by atoms with Gasteiger partial charge in [-0.2, -0.15) is 0 Å². The van der Waals surface area contributed by atoms with Crippen LogP contribution in [0.3, 0.4) is 0 Å². The number of amides is 2. The first-order valence-electron chi connectivity index (χ1n) is 9.01. The highest BCUT2D eigenvalue weighted by atomic mass is 79.9. The smallest absolute Gasteiger partial charge is 0.246 e. The molecule has 0 radical (unpaired) electrons. The van der Waals surface area contributed by atoms with Crippen molar-refractivity contribution in [3.63, 3.8) is 0 Å². The average Bonchev–Trinajstić information content (AvgIpc) is 2.71. The molecular formula is C23H21BrN2O2. The Bertz CT molecular complexity index is 888. The molecule has 3 aromatic carbocycles. The Hall–Kier alpha value is -2.92. The zero-order chi connectivity index (χ0) is 19.9. The summed E-state index contributed by atoms with van der Waals surface area (Å²) in [6, 6.07) is 25.7. The summed E-state index contributed by atoms with van der Waals surface area (Å²) in [5.74, 6) is -0.961. The average molecular weight is 437 g/mol. The van der Waals surface area contributed by atoms with Gasteiger partial charge in [-0.1, -0.05) is 76.6 Å². The van der Waals surface area contributed by atoms with Crippen LogP contribution in [0.4, 0.5) is 5.69 Å². The van der Waals surface area contributed by atoms with Crippen LogP contribution in [0.25, 0.3) is 0 Å². The van der Waals surface area contributed by atoms with Gasteiger partial charge in [-0.25, -0.2) is 0 Å². The standard InChI is InChI=1S/C23H21BrN2O2/c1-16(22(27)26-20-14-12-19(24)13-15-20)25-23(28)21(17-8-4-2-5-9-17)18-10-6-3-7-11-18/h2-16,21H,1H3,(H,25,28)(H,26,27). The fraction of sp³-hybridized carbons (Fsp3) is 0.130. The van der Waals surface area contributed by atoms with E-state index in [2.05, 4.69) is 26.6 Å². The molecule has 3 rings (SSSR count). The molecule has 4 nitrogen and oxygen atoms in total. The lowest BCUT2D eigenvalue weighted by molar-refractivity contribution is -0.126. The lowest BCUT2D eigenvalue weighted by Gasteiger charge is -2.21. The van der Waals surface area contributed by atoms with E-state index in [-0.39, 0.29) is 11.8 Å². The number of nitrogens with one attached hydrogen (secondary N) is 2. The van der Waals surface area contributed by atoms with Gasteiger partial charge < -0.3 is 10.6 Å². The van der Waals surface area contributed by atoms with Crippen LogP contribution in [-0.4, -0.2) is 17.9 Å². The summed E-state index contributed by atoms with van der Waals surface area (Å²) in [6.07, 6.45) is 0. The number of halogens is 1. The maximum absolute atomic E-state index is 13.1. The van der Waals surface area contributed by atoms with Crippen molar-refractivity contribution >= 4 is 33.4 Å². The van der Waals surface area contributed by atoms with E-state index >= 15 is 0 Å². The number of anilines is 1. The number of hydrogen-bond donors (Lipinski definition) is 2. The van der Waals surface area contributed by atoms with Crippen molar-refractivity contribution in [3.8, 4) is 0 Å². The van der Waals surface area contributed by atoms with E-state index in [4.69, 9.17) is 0 Å². The second-order valence-corrected chi connectivity index (χ2v) is 7.40. The Morgan fingerprint density at radius 1 is 0.750 bits per heavy atom. The van der Waals surface area contributed by atoms with Crippen molar-refractivity contribution in [2.45, 2.75) is 18.9 Å². The number of rotatable bonds is 6. The molecule has 142 valence electrons. The van der Waals surface area contributed by atoms with Crippen LogP contribution in [0.5, 0.6) is 0 Å². The van der Waals surface area contributed by atoms with Gasteiger partial charge in [-0.05, 0) is 42.3 Å². The molecule has 0 aliphatic carbocycles. The predicted octanol–water partition coefficient (Wildman–Crippen LogP) is 4.72. The molecule has 0 heterocycles. The van der Waals surface area contributed by atoms with Gasteiger partial charge in [0.05, 0.1) is 5.92 Å². The fourth-order valence-corrected chi connectivity index (χ4v) is 3.20. The summed E-state index contributed by atoms with van der Waals surface area (Å²) in [6.45, 7) is 1.68. The summed E-state index contributed by atoms with van der Waals surface area (Å²) in [5.41, 5.74) is 2.44. The Morgan fingerprint density at radius 3 is 1.75 bits per heavy atom. The summed E-state index contributed by atoms with van der Waals surface area (Å²) < 4.78 is 0.931. The Labute approximate surface area is 173 Å². The molecule has 0 bridgehead atoms. The first-order chi connectivity index (χ1) is 13.5. The lowest BCUT2D eigenvalue weighted by Crippen LogP contribution is -2.43. The molecule has 2 N–H and O–H groups in total. The molecule has 28 heavy (non-hydrogen) atoms. The van der Waals surface area contributed by atoms with Gasteiger partial charge in [0, 0.05) is 10.2 Å². The van der Waals surface area contributed by atoms with Crippen LogP contribution in [0.2, 0.25) is 0 Å². The molecule has 0 aromatic heterocycles. The molecule has 0 saturated carbocycles. The van der Waals surface area contributed by atoms with Crippen LogP contribution >= 0.6 is 15.9 Å². The monoisotopic (exact) mass is 436 g/mol. The van der Waals surface area contributed by atoms with Gasteiger partial charge in [-0.15, -0.1) is 0 Å². The summed E-state index contributed by atoms with van der Waals surface area (Å²) in [4.78, 5) is 25.5. The highest BCUT2D eigenvalue weighted by Crippen LogP contribution is 2.25. The quantitative estimate of drug-likeness (QED) is 0.586. The van der Waals surface area contributed by atoms with Gasteiger partial charge >= 0.3 is 0 Å². The normalized spacial score (nSPS) is 11.7. The third-order valence-corrected chi connectivity index (χ3v) is 4.92. The third-order valence-electron chi connectivity index (χ3n) is 4.39. The highest BCUT2D eigenvalue weighted by Gasteiger charge is 2.25. The minimum Gasteiger partial charge on any atom is -0.344 e. The van der Waals surface area contributed by atoms with Crippen LogP contribution in [0.1, 0.15) is 24.0 Å². The molecule has 2 amide bonds. The van der Waals surface area contributed by atoms with Gasteiger partial charge in [0.15, 0.2) is 0 Å². The van der Waals surface area contributed by atoms with Gasteiger partial charge in [0.25, 0.3) is 0 Å². The van der Waals surface area contributed by atoms with Crippen molar-refractivity contribution < 1.29 is 9.59 Å².